The summed E-state index contributed by atoms with van der Waals surface area (Å²) < 4.78 is 0. The van der Waals surface area contributed by atoms with Gasteiger partial charge in [0.25, 0.3) is 0 Å². The van der Waals surface area contributed by atoms with Crippen molar-refractivity contribution in [1.29, 1.82) is 0 Å². The van der Waals surface area contributed by atoms with Crippen LogP contribution in [-0.2, 0) is 6.42 Å². The molecule has 1 aromatic carbocycles. The van der Waals surface area contributed by atoms with Crippen molar-refractivity contribution in [2.75, 3.05) is 6.54 Å². The second-order valence-electron chi connectivity index (χ2n) is 4.78. The molecule has 5 heteroatoms. The highest BCUT2D eigenvalue weighted by Gasteiger charge is 2.32. The van der Waals surface area contributed by atoms with Gasteiger partial charge in [-0.05, 0) is 30.5 Å². The van der Waals surface area contributed by atoms with E-state index in [-0.39, 0.29) is 0 Å². The molecule has 1 heterocycles. The van der Waals surface area contributed by atoms with Crippen LogP contribution in [0.2, 0.25) is 0 Å². The van der Waals surface area contributed by atoms with E-state index in [0.717, 1.165) is 24.5 Å². The van der Waals surface area contributed by atoms with E-state index in [4.69, 9.17) is 0 Å². The molecule has 0 saturated carbocycles. The Balaban J connectivity index is 1.80. The Bertz CT molecular complexity index is 524. The van der Waals surface area contributed by atoms with Crippen LogP contribution in [-0.4, -0.2) is 27.0 Å². The smallest absolute Gasteiger partial charge is 0.183 e. The Morgan fingerprint density at radius 3 is 3.11 bits per heavy atom. The quantitative estimate of drug-likeness (QED) is 0.880. The van der Waals surface area contributed by atoms with E-state index < -0.39 is 0 Å². The number of thioether (sulfide) groups is 1. The summed E-state index contributed by atoms with van der Waals surface area (Å²) >= 11 is 1.78. The number of hydrogen-bond acceptors (Lipinski definition) is 4. The third-order valence-electron chi connectivity index (χ3n) is 3.45. The molecular formula is C14H18N4S. The molecule has 2 aromatic rings. The van der Waals surface area contributed by atoms with Gasteiger partial charge in [0.1, 0.15) is 6.33 Å². The van der Waals surface area contributed by atoms with E-state index in [0.29, 0.717) is 11.3 Å². The van der Waals surface area contributed by atoms with Crippen molar-refractivity contribution in [3.05, 3.63) is 41.7 Å². The first-order valence-corrected chi connectivity index (χ1v) is 7.59. The summed E-state index contributed by atoms with van der Waals surface area (Å²) in [5.74, 6) is 0. The highest BCUT2D eigenvalue weighted by molar-refractivity contribution is 7.99. The Kier molecular flexibility index (Phi) is 3.84. The van der Waals surface area contributed by atoms with E-state index in [9.17, 15) is 0 Å². The van der Waals surface area contributed by atoms with Gasteiger partial charge in [0.15, 0.2) is 5.16 Å². The van der Waals surface area contributed by atoms with Crippen LogP contribution in [0.1, 0.15) is 30.5 Å². The van der Waals surface area contributed by atoms with Crippen LogP contribution in [0.15, 0.2) is 35.7 Å². The van der Waals surface area contributed by atoms with Gasteiger partial charge in [-0.1, -0.05) is 43.0 Å². The van der Waals surface area contributed by atoms with Gasteiger partial charge in [-0.3, -0.25) is 5.10 Å². The molecule has 1 aliphatic rings. The summed E-state index contributed by atoms with van der Waals surface area (Å²) in [6.07, 6.45) is 3.81. The molecule has 0 radical (unpaired) electrons. The maximum Gasteiger partial charge on any atom is 0.183 e. The van der Waals surface area contributed by atoms with Gasteiger partial charge in [-0.2, -0.15) is 5.10 Å². The van der Waals surface area contributed by atoms with E-state index in [2.05, 4.69) is 51.7 Å². The summed E-state index contributed by atoms with van der Waals surface area (Å²) in [4.78, 5) is 4.23. The number of benzene rings is 1. The molecule has 100 valence electrons. The van der Waals surface area contributed by atoms with Crippen molar-refractivity contribution in [3.8, 4) is 0 Å². The van der Waals surface area contributed by atoms with Gasteiger partial charge in [-0.15, -0.1) is 0 Å². The molecule has 0 fully saturated rings. The van der Waals surface area contributed by atoms with Crippen molar-refractivity contribution >= 4 is 11.8 Å². The maximum absolute atomic E-state index is 4.23. The summed E-state index contributed by atoms with van der Waals surface area (Å²) in [6, 6.07) is 9.13. The van der Waals surface area contributed by atoms with Crippen LogP contribution in [0.4, 0.5) is 0 Å². The van der Waals surface area contributed by atoms with Gasteiger partial charge in [0.2, 0.25) is 0 Å². The van der Waals surface area contributed by atoms with Gasteiger partial charge < -0.3 is 5.32 Å². The minimum atomic E-state index is 0.409. The van der Waals surface area contributed by atoms with Gasteiger partial charge in [-0.25, -0.2) is 4.98 Å². The fourth-order valence-corrected chi connectivity index (χ4v) is 3.75. The number of aromatic nitrogens is 3. The predicted molar refractivity (Wildman–Crippen MR) is 77.2 cm³/mol. The van der Waals surface area contributed by atoms with E-state index in [1.807, 2.05) is 0 Å². The summed E-state index contributed by atoms with van der Waals surface area (Å²) in [5.41, 5.74) is 2.89. The maximum atomic E-state index is 4.23. The van der Waals surface area contributed by atoms with Crippen molar-refractivity contribution in [2.24, 2.45) is 0 Å². The molecule has 1 aliphatic carbocycles. The van der Waals surface area contributed by atoms with E-state index in [1.165, 1.54) is 11.1 Å². The summed E-state index contributed by atoms with van der Waals surface area (Å²) in [7, 11) is 0. The monoisotopic (exact) mass is 274 g/mol. The number of rotatable bonds is 5. The average Bonchev–Trinajstić information content (AvgIpc) is 3.04. The van der Waals surface area contributed by atoms with Crippen molar-refractivity contribution < 1.29 is 0 Å². The van der Waals surface area contributed by atoms with Gasteiger partial charge >= 0.3 is 0 Å². The third-order valence-corrected chi connectivity index (χ3v) is 4.61. The minimum absolute atomic E-state index is 0.409. The average molecular weight is 274 g/mol. The largest absolute Gasteiger partial charge is 0.309 e. The second-order valence-corrected chi connectivity index (χ2v) is 6.01. The third kappa shape index (κ3) is 2.67. The van der Waals surface area contributed by atoms with E-state index >= 15 is 0 Å². The zero-order valence-corrected chi connectivity index (χ0v) is 11.8. The SMILES string of the molecule is CCCNC1c2ccccc2CC1Sc1ncn[nH]1. The molecule has 3 rings (SSSR count). The van der Waals surface area contributed by atoms with Crippen LogP contribution < -0.4 is 5.32 Å². The summed E-state index contributed by atoms with van der Waals surface area (Å²) in [6.45, 7) is 3.25. The van der Waals surface area contributed by atoms with Crippen LogP contribution in [0.25, 0.3) is 0 Å². The lowest BCUT2D eigenvalue weighted by Crippen LogP contribution is -2.27. The molecule has 0 bridgehead atoms. The second kappa shape index (κ2) is 5.75. The fraction of sp³-hybridized carbons (Fsp3) is 0.429. The Hall–Kier alpha value is -1.33. The number of nitrogens with zero attached hydrogens (tertiary/aromatic N) is 2. The minimum Gasteiger partial charge on any atom is -0.309 e. The van der Waals surface area contributed by atoms with Crippen molar-refractivity contribution in [3.63, 3.8) is 0 Å². The zero-order chi connectivity index (χ0) is 13.1. The highest BCUT2D eigenvalue weighted by Crippen LogP contribution is 2.40. The highest BCUT2D eigenvalue weighted by atomic mass is 32.2. The van der Waals surface area contributed by atoms with Crippen molar-refractivity contribution in [2.45, 2.75) is 36.2 Å². The standard InChI is InChI=1S/C14H18N4S/c1-2-7-15-13-11-6-4-3-5-10(11)8-12(13)19-14-16-9-17-18-14/h3-6,9,12-13,15H,2,7-8H2,1H3,(H,16,17,18). The zero-order valence-electron chi connectivity index (χ0n) is 11.0. The number of nitrogens with one attached hydrogen (secondary N) is 2. The molecule has 2 unspecified atom stereocenters. The molecule has 2 atom stereocenters. The summed E-state index contributed by atoms with van der Waals surface area (Å²) in [5, 5.41) is 11.9. The predicted octanol–water partition coefficient (Wildman–Crippen LogP) is 2.56. The van der Waals surface area contributed by atoms with E-state index in [1.54, 1.807) is 18.1 Å². The molecule has 0 amide bonds. The normalized spacial score (nSPS) is 21.5. The lowest BCUT2D eigenvalue weighted by Gasteiger charge is -2.20. The number of hydrogen-bond donors (Lipinski definition) is 2. The van der Waals surface area contributed by atoms with Crippen LogP contribution in [0, 0.1) is 0 Å². The number of fused-ring (bicyclic) bond motifs is 1. The van der Waals surface area contributed by atoms with Crippen LogP contribution >= 0.6 is 11.8 Å². The molecule has 0 aliphatic heterocycles. The molecule has 19 heavy (non-hydrogen) atoms. The lowest BCUT2D eigenvalue weighted by atomic mass is 10.1. The molecule has 4 nitrogen and oxygen atoms in total. The molecule has 0 spiro atoms. The molecule has 1 aromatic heterocycles. The first kappa shape index (κ1) is 12.7. The first-order valence-electron chi connectivity index (χ1n) is 6.71. The molecule has 0 saturated heterocycles. The van der Waals surface area contributed by atoms with Crippen molar-refractivity contribution in [1.82, 2.24) is 20.5 Å². The Morgan fingerprint density at radius 1 is 1.42 bits per heavy atom. The Morgan fingerprint density at radius 2 is 2.32 bits per heavy atom. The molecular weight excluding hydrogens is 256 g/mol. The molecule has 2 N–H and O–H groups in total. The number of H-pyrrole nitrogens is 1. The fourth-order valence-electron chi connectivity index (χ4n) is 2.60. The first-order chi connectivity index (χ1) is 9.38. The van der Waals surface area contributed by atoms with Gasteiger partial charge in [0, 0.05) is 11.3 Å². The Labute approximate surface area is 117 Å². The topological polar surface area (TPSA) is 53.6 Å². The lowest BCUT2D eigenvalue weighted by molar-refractivity contribution is 0.538. The van der Waals surface area contributed by atoms with Crippen LogP contribution in [0.3, 0.4) is 0 Å². The van der Waals surface area contributed by atoms with Crippen LogP contribution in [0.5, 0.6) is 0 Å². The van der Waals surface area contributed by atoms with Gasteiger partial charge in [0.05, 0.1) is 0 Å². The number of aromatic amines is 1.